The Kier molecular flexibility index (Phi) is 4.07. The normalized spacial score (nSPS) is 23.2. The Morgan fingerprint density at radius 1 is 1.31 bits per heavy atom. The van der Waals surface area contributed by atoms with E-state index in [1.54, 1.807) is 12.1 Å². The Balaban J connectivity index is 0.000000212. The smallest absolute Gasteiger partial charge is 0.294 e. The molecule has 90 valence electrons. The minimum atomic E-state index is -4.02. The zero-order valence-electron chi connectivity index (χ0n) is 9.42. The fourth-order valence-electron chi connectivity index (χ4n) is 1.06. The lowest BCUT2D eigenvalue weighted by Crippen LogP contribution is -1.98. The largest absolute Gasteiger partial charge is 0.327 e. The van der Waals surface area contributed by atoms with E-state index in [1.807, 2.05) is 6.92 Å². The van der Waals surface area contributed by atoms with E-state index in [9.17, 15) is 8.42 Å². The van der Waals surface area contributed by atoms with Crippen LogP contribution in [0, 0.1) is 12.8 Å². The van der Waals surface area contributed by atoms with E-state index in [2.05, 4.69) is 6.92 Å². The first kappa shape index (κ1) is 13.2. The van der Waals surface area contributed by atoms with E-state index in [0.717, 1.165) is 11.5 Å². The molecule has 3 N–H and O–H groups in total. The molecule has 0 radical (unpaired) electrons. The van der Waals surface area contributed by atoms with Gasteiger partial charge in [-0.1, -0.05) is 24.6 Å². The van der Waals surface area contributed by atoms with Gasteiger partial charge >= 0.3 is 0 Å². The summed E-state index contributed by atoms with van der Waals surface area (Å²) in [5, 5.41) is 0. The van der Waals surface area contributed by atoms with Crippen LogP contribution in [0.15, 0.2) is 29.2 Å². The van der Waals surface area contributed by atoms with Gasteiger partial charge in [-0.2, -0.15) is 8.42 Å². The fraction of sp³-hybridized carbons (Fsp3) is 0.455. The highest BCUT2D eigenvalue weighted by molar-refractivity contribution is 7.85. The molecular weight excluding hydrogens is 226 g/mol. The summed E-state index contributed by atoms with van der Waals surface area (Å²) < 4.78 is 29.6. The Morgan fingerprint density at radius 3 is 1.94 bits per heavy atom. The van der Waals surface area contributed by atoms with Gasteiger partial charge in [-0.25, -0.2) is 0 Å². The van der Waals surface area contributed by atoms with Gasteiger partial charge in [0.2, 0.25) is 0 Å². The molecule has 1 saturated carbocycles. The summed E-state index contributed by atoms with van der Waals surface area (Å²) in [4.78, 5) is -0.0666. The van der Waals surface area contributed by atoms with Crippen LogP contribution in [0.3, 0.4) is 0 Å². The molecule has 0 heterocycles. The molecule has 0 aliphatic heterocycles. The van der Waals surface area contributed by atoms with Crippen LogP contribution in [-0.2, 0) is 10.1 Å². The Hall–Kier alpha value is -0.910. The standard InChI is InChI=1S/C7H8O3S.C4H9N/c1-6-2-4-7(5-3-6)11(8,9)10;1-3-2-4(3)5/h2-5H,1H3,(H,8,9,10);3-4H,2,5H2,1H3/t;3-,4-/m.1/s1. The van der Waals surface area contributed by atoms with Crippen molar-refractivity contribution in [3.8, 4) is 0 Å². The highest BCUT2D eigenvalue weighted by atomic mass is 32.2. The molecule has 1 aliphatic carbocycles. The van der Waals surface area contributed by atoms with Crippen molar-refractivity contribution in [2.75, 3.05) is 0 Å². The highest BCUT2D eigenvalue weighted by Crippen LogP contribution is 2.25. The number of rotatable bonds is 1. The van der Waals surface area contributed by atoms with Gasteiger partial charge < -0.3 is 5.73 Å². The molecule has 0 bridgehead atoms. The van der Waals surface area contributed by atoms with Crippen molar-refractivity contribution in [3.05, 3.63) is 29.8 Å². The summed E-state index contributed by atoms with van der Waals surface area (Å²) in [7, 11) is -4.02. The number of nitrogens with two attached hydrogens (primary N) is 1. The Morgan fingerprint density at radius 2 is 1.69 bits per heavy atom. The molecule has 0 unspecified atom stereocenters. The van der Waals surface area contributed by atoms with E-state index in [-0.39, 0.29) is 4.90 Å². The first-order valence-corrected chi connectivity index (χ1v) is 6.54. The zero-order chi connectivity index (χ0) is 12.3. The lowest BCUT2D eigenvalue weighted by atomic mass is 10.2. The van der Waals surface area contributed by atoms with Crippen LogP contribution in [-0.4, -0.2) is 19.0 Å². The van der Waals surface area contributed by atoms with Crippen LogP contribution in [0.4, 0.5) is 0 Å². The van der Waals surface area contributed by atoms with E-state index >= 15 is 0 Å². The lowest BCUT2D eigenvalue weighted by molar-refractivity contribution is 0.483. The molecule has 2 atom stereocenters. The predicted molar refractivity (Wildman–Crippen MR) is 62.8 cm³/mol. The first-order chi connectivity index (χ1) is 7.30. The van der Waals surface area contributed by atoms with E-state index in [0.29, 0.717) is 6.04 Å². The maximum atomic E-state index is 10.5. The van der Waals surface area contributed by atoms with Crippen molar-refractivity contribution in [1.82, 2.24) is 0 Å². The molecule has 4 nitrogen and oxygen atoms in total. The number of hydrogen-bond acceptors (Lipinski definition) is 3. The third-order valence-corrected chi connectivity index (χ3v) is 3.36. The molecular formula is C11H17NO3S. The highest BCUT2D eigenvalue weighted by Gasteiger charge is 2.27. The lowest BCUT2D eigenvalue weighted by Gasteiger charge is -1.95. The molecule has 1 fully saturated rings. The van der Waals surface area contributed by atoms with Crippen molar-refractivity contribution in [2.24, 2.45) is 11.7 Å². The fourth-order valence-corrected chi connectivity index (χ4v) is 1.54. The monoisotopic (exact) mass is 243 g/mol. The molecule has 2 rings (SSSR count). The van der Waals surface area contributed by atoms with Gasteiger partial charge in [-0.3, -0.25) is 4.55 Å². The van der Waals surface area contributed by atoms with Gasteiger partial charge in [0.25, 0.3) is 10.1 Å². The van der Waals surface area contributed by atoms with E-state index < -0.39 is 10.1 Å². The van der Waals surface area contributed by atoms with Crippen LogP contribution >= 0.6 is 0 Å². The molecule has 0 spiro atoms. The summed E-state index contributed by atoms with van der Waals surface area (Å²) in [5.74, 6) is 0.829. The molecule has 5 heteroatoms. The summed E-state index contributed by atoms with van der Waals surface area (Å²) >= 11 is 0. The molecule has 1 aromatic rings. The molecule has 16 heavy (non-hydrogen) atoms. The minimum Gasteiger partial charge on any atom is -0.327 e. The quantitative estimate of drug-likeness (QED) is 0.734. The third-order valence-electron chi connectivity index (χ3n) is 2.49. The van der Waals surface area contributed by atoms with Gasteiger partial charge in [-0.05, 0) is 31.4 Å². The summed E-state index contributed by atoms with van der Waals surface area (Å²) in [6.45, 7) is 4.01. The molecule has 0 saturated heterocycles. The van der Waals surface area contributed by atoms with Crippen LogP contribution < -0.4 is 5.73 Å². The number of benzene rings is 1. The molecule has 1 aliphatic rings. The molecule has 0 amide bonds. The Bertz CT molecular complexity index is 433. The average Bonchev–Trinajstić information content (AvgIpc) is 2.79. The van der Waals surface area contributed by atoms with Crippen LogP contribution in [0.2, 0.25) is 0 Å². The molecule has 0 aromatic heterocycles. The van der Waals surface area contributed by atoms with E-state index in [1.165, 1.54) is 18.6 Å². The van der Waals surface area contributed by atoms with Crippen LogP contribution in [0.25, 0.3) is 0 Å². The maximum Gasteiger partial charge on any atom is 0.294 e. The summed E-state index contributed by atoms with van der Waals surface area (Å²) in [5.41, 5.74) is 6.32. The van der Waals surface area contributed by atoms with Crippen LogP contribution in [0.5, 0.6) is 0 Å². The number of aryl methyl sites for hydroxylation is 1. The maximum absolute atomic E-state index is 10.5. The van der Waals surface area contributed by atoms with Gasteiger partial charge in [0, 0.05) is 6.04 Å². The second kappa shape index (κ2) is 4.95. The van der Waals surface area contributed by atoms with Crippen molar-refractivity contribution in [1.29, 1.82) is 0 Å². The van der Waals surface area contributed by atoms with E-state index in [4.69, 9.17) is 10.3 Å². The third kappa shape index (κ3) is 4.30. The summed E-state index contributed by atoms with van der Waals surface area (Å²) in [6.07, 6.45) is 1.25. The van der Waals surface area contributed by atoms with Gasteiger partial charge in [0.1, 0.15) is 0 Å². The van der Waals surface area contributed by atoms with Gasteiger partial charge in [0.15, 0.2) is 0 Å². The minimum absolute atomic E-state index is 0.0666. The molecule has 1 aromatic carbocycles. The van der Waals surface area contributed by atoms with Crippen LogP contribution in [0.1, 0.15) is 18.9 Å². The SMILES string of the molecule is C[C@@H]1C[C@H]1N.Cc1ccc(S(=O)(=O)O)cc1. The summed E-state index contributed by atoms with van der Waals surface area (Å²) in [6, 6.07) is 6.54. The Labute approximate surface area is 96.2 Å². The predicted octanol–water partition coefficient (Wildman–Crippen LogP) is 1.60. The second-order valence-corrected chi connectivity index (χ2v) is 5.59. The number of hydrogen-bond donors (Lipinski definition) is 2. The van der Waals surface area contributed by atoms with Crippen molar-refractivity contribution >= 4 is 10.1 Å². The van der Waals surface area contributed by atoms with Crippen molar-refractivity contribution in [3.63, 3.8) is 0 Å². The van der Waals surface area contributed by atoms with Crippen molar-refractivity contribution < 1.29 is 13.0 Å². The average molecular weight is 243 g/mol. The zero-order valence-corrected chi connectivity index (χ0v) is 10.2. The first-order valence-electron chi connectivity index (χ1n) is 5.10. The van der Waals surface area contributed by atoms with Gasteiger partial charge in [0.05, 0.1) is 4.90 Å². The van der Waals surface area contributed by atoms with Gasteiger partial charge in [-0.15, -0.1) is 0 Å². The second-order valence-electron chi connectivity index (χ2n) is 4.16. The van der Waals surface area contributed by atoms with Crippen molar-refractivity contribution in [2.45, 2.75) is 31.2 Å². The topological polar surface area (TPSA) is 80.4 Å².